The first-order chi connectivity index (χ1) is 32.0. The lowest BCUT2D eigenvalue weighted by Gasteiger charge is -2.49. The van der Waals surface area contributed by atoms with E-state index in [0.717, 1.165) is 19.6 Å². The molecule has 5 aliphatic heterocycles. The first kappa shape index (κ1) is 48.9. The number of hydrogen-bond donors (Lipinski definition) is 4. The van der Waals surface area contributed by atoms with Crippen LogP contribution in [-0.4, -0.2) is 107 Å². The normalized spacial score (nSPS) is 29.5. The lowest BCUT2D eigenvalue weighted by atomic mass is 9.77. The Morgan fingerprint density at radius 2 is 1.60 bits per heavy atom. The Morgan fingerprint density at radius 1 is 0.912 bits per heavy atom. The first-order valence-electron chi connectivity index (χ1n) is 23.7. The predicted octanol–water partition coefficient (Wildman–Crippen LogP) is 6.57. The molecule has 6 heterocycles. The number of ether oxygens (including phenoxy) is 5. The van der Waals surface area contributed by atoms with Gasteiger partial charge in [0.25, 0.3) is 5.91 Å². The number of fused-ring (bicyclic) bond motifs is 10. The Morgan fingerprint density at radius 3 is 2.28 bits per heavy atom. The van der Waals surface area contributed by atoms with Crippen molar-refractivity contribution in [3.8, 4) is 11.5 Å². The second-order valence-corrected chi connectivity index (χ2v) is 20.2. The summed E-state index contributed by atoms with van der Waals surface area (Å²) in [4.78, 5) is 52.5. The van der Waals surface area contributed by atoms with Gasteiger partial charge in [-0.05, 0) is 39.7 Å². The van der Waals surface area contributed by atoms with E-state index in [0.29, 0.717) is 24.7 Å². The molecule has 2 saturated heterocycles. The molecule has 9 atom stereocenters. The van der Waals surface area contributed by atoms with Gasteiger partial charge in [0.1, 0.15) is 22.7 Å². The van der Waals surface area contributed by atoms with E-state index in [9.17, 15) is 29.7 Å². The molecule has 0 radical (unpaired) electrons. The topological polar surface area (TPSA) is 203 Å². The quantitative estimate of drug-likeness (QED) is 0.126. The van der Waals surface area contributed by atoms with Gasteiger partial charge >= 0.3 is 5.79 Å². The maximum Gasteiger partial charge on any atom is 0.307 e. The van der Waals surface area contributed by atoms with Crippen molar-refractivity contribution in [1.29, 1.82) is 0 Å². The van der Waals surface area contributed by atoms with Crippen LogP contribution in [0.5, 0.6) is 11.5 Å². The van der Waals surface area contributed by atoms with E-state index in [-0.39, 0.29) is 84.6 Å². The van der Waals surface area contributed by atoms with Crippen molar-refractivity contribution in [3.63, 3.8) is 0 Å². The van der Waals surface area contributed by atoms with Crippen LogP contribution in [0.15, 0.2) is 62.3 Å². The molecule has 7 bridgehead atoms. The van der Waals surface area contributed by atoms with Gasteiger partial charge in [-0.25, -0.2) is 4.98 Å². The maximum absolute atomic E-state index is 14.9. The summed E-state index contributed by atoms with van der Waals surface area (Å²) in [5, 5.41) is 38.4. The Kier molecular flexibility index (Phi) is 13.3. The van der Waals surface area contributed by atoms with Crippen LogP contribution in [0.2, 0.25) is 0 Å². The van der Waals surface area contributed by atoms with Crippen molar-refractivity contribution < 1.29 is 48.2 Å². The standard InChI is InChI=1S/C52H66N4O12/c1-25(2)24-55-17-19-56(20-18-55)32-22-33(57)39-35(23-32)65-48-40(53-39)36-37-43(59)30(7)47-38(36)49(61)52(11,68-47)64-21-16-34(63-12)28(5)42(58)29(6)46-31(8)45(66-51(9,10)67-46)26(3)14-13-15-27(4)50(62)54-41(48)44(37)60/h13-16,21-23,25-26,28-29,31,34,42,45-46,58-59,61H,17-20,24H2,1-12H3,(H,54,62). The molecule has 16 nitrogen and oxygen atoms in total. The SMILES string of the molecule is COC1C=COC2(C)Oc3c(C)c(O)c4c(=O)c(c5oc6cc(N7CCN(CC(C)C)CC7)cc(=O)c6nc5c4c3=C2O)NC(=O)C(C)=CC=CC(C)C2OC(C)(C)OC(C(C)C(O)C1C)C2C. The van der Waals surface area contributed by atoms with Crippen molar-refractivity contribution in [2.75, 3.05) is 50.1 Å². The zero-order valence-electron chi connectivity index (χ0n) is 41.1. The van der Waals surface area contributed by atoms with Crippen molar-refractivity contribution in [3.05, 3.63) is 79.5 Å². The molecule has 2 fully saturated rings. The molecule has 4 aromatic rings. The van der Waals surface area contributed by atoms with E-state index >= 15 is 0 Å². The third kappa shape index (κ3) is 8.74. The summed E-state index contributed by atoms with van der Waals surface area (Å²) in [5.41, 5.74) is -0.917. The van der Waals surface area contributed by atoms with Gasteiger partial charge in [-0.2, -0.15) is 0 Å². The monoisotopic (exact) mass is 938 g/mol. The Hall–Kier alpha value is -5.52. The number of benzene rings is 3. The van der Waals surface area contributed by atoms with Crippen LogP contribution in [-0.2, 0) is 23.7 Å². The number of piperazine rings is 1. The molecule has 9 rings (SSSR count). The summed E-state index contributed by atoms with van der Waals surface area (Å²) in [6.07, 6.45) is 5.91. The molecule has 0 aliphatic carbocycles. The van der Waals surface area contributed by atoms with E-state index in [1.807, 2.05) is 47.6 Å². The molecule has 3 aromatic carbocycles. The number of anilines is 2. The van der Waals surface area contributed by atoms with E-state index in [2.05, 4.69) is 29.0 Å². The van der Waals surface area contributed by atoms with Crippen LogP contribution in [0.4, 0.5) is 11.4 Å². The molecule has 16 heteroatoms. The summed E-state index contributed by atoms with van der Waals surface area (Å²) < 4.78 is 37.9. The molecule has 366 valence electrons. The maximum atomic E-state index is 14.9. The number of aromatic nitrogens is 1. The number of nitrogens with one attached hydrogen (secondary N) is 1. The molecule has 9 unspecified atom stereocenters. The smallest absolute Gasteiger partial charge is 0.307 e. The van der Waals surface area contributed by atoms with Gasteiger partial charge < -0.3 is 53.6 Å². The van der Waals surface area contributed by atoms with Gasteiger partial charge in [0.05, 0.1) is 41.3 Å². The number of aromatic hydroxyl groups is 1. The summed E-state index contributed by atoms with van der Waals surface area (Å²) in [5.74, 6) is -5.17. The Bertz CT molecular complexity index is 2920. The van der Waals surface area contributed by atoms with Crippen molar-refractivity contribution in [1.82, 2.24) is 9.88 Å². The van der Waals surface area contributed by atoms with Gasteiger partial charge in [0.2, 0.25) is 10.9 Å². The lowest BCUT2D eigenvalue weighted by Crippen LogP contribution is -2.56. The fraction of sp³-hybridized carbons (Fsp3) is 0.538. The van der Waals surface area contributed by atoms with E-state index < -0.39 is 64.1 Å². The summed E-state index contributed by atoms with van der Waals surface area (Å²) >= 11 is 0. The number of aliphatic hydroxyl groups excluding tert-OH is 2. The lowest BCUT2D eigenvalue weighted by molar-refractivity contribution is -0.336. The number of rotatable bonds is 4. The number of allylic oxidation sites excluding steroid dienone is 2. The van der Waals surface area contributed by atoms with Gasteiger partial charge in [0, 0.05) is 105 Å². The third-order valence-corrected chi connectivity index (χ3v) is 14.3. The van der Waals surface area contributed by atoms with E-state index in [4.69, 9.17) is 33.1 Å². The van der Waals surface area contributed by atoms with Crippen LogP contribution in [0, 0.1) is 36.5 Å². The van der Waals surface area contributed by atoms with E-state index in [1.165, 1.54) is 33.3 Å². The number of methoxy groups -OCH3 is 1. The minimum absolute atomic E-state index is 0.00452. The predicted molar refractivity (Wildman–Crippen MR) is 261 cm³/mol. The minimum Gasteiger partial charge on any atom is -0.507 e. The van der Waals surface area contributed by atoms with E-state index in [1.54, 1.807) is 31.2 Å². The fourth-order valence-corrected chi connectivity index (χ4v) is 10.5. The van der Waals surface area contributed by atoms with Crippen LogP contribution in [0.25, 0.3) is 38.7 Å². The summed E-state index contributed by atoms with van der Waals surface area (Å²) in [6.45, 7) is 24.4. The number of hydrogen-bond acceptors (Lipinski definition) is 15. The van der Waals surface area contributed by atoms with Gasteiger partial charge in [-0.1, -0.05) is 59.8 Å². The molecule has 0 saturated carbocycles. The number of nitrogens with zero attached hydrogens (tertiary/aromatic N) is 3. The van der Waals surface area contributed by atoms with Crippen LogP contribution in [0.3, 0.4) is 0 Å². The van der Waals surface area contributed by atoms with Gasteiger partial charge in [-0.15, -0.1) is 0 Å². The molecule has 68 heavy (non-hydrogen) atoms. The average Bonchev–Trinajstić information content (AvgIpc) is 3.55. The second kappa shape index (κ2) is 18.4. The van der Waals surface area contributed by atoms with Crippen LogP contribution in [0.1, 0.15) is 74.8 Å². The second-order valence-electron chi connectivity index (χ2n) is 20.2. The molecule has 1 aromatic heterocycles. The highest BCUT2D eigenvalue weighted by atomic mass is 16.7. The highest BCUT2D eigenvalue weighted by Crippen LogP contribution is 2.43. The van der Waals surface area contributed by atoms with Gasteiger partial charge in [-0.3, -0.25) is 19.3 Å². The van der Waals surface area contributed by atoms with Gasteiger partial charge in [0.15, 0.2) is 28.2 Å². The van der Waals surface area contributed by atoms with Crippen LogP contribution >= 0.6 is 0 Å². The Balaban J connectivity index is 1.33. The number of phenols is 1. The highest BCUT2D eigenvalue weighted by Gasteiger charge is 2.48. The number of carbonyl (C=O) groups excluding carboxylic acids is 1. The largest absolute Gasteiger partial charge is 0.507 e. The number of amides is 1. The number of phenolic OH excluding ortho intramolecular Hbond substituents is 1. The minimum atomic E-state index is -1.92. The molecule has 0 spiro atoms. The number of aliphatic hydroxyl groups is 2. The highest BCUT2D eigenvalue weighted by molar-refractivity contribution is 6.16. The zero-order chi connectivity index (χ0) is 49.3. The third-order valence-electron chi connectivity index (χ3n) is 14.3. The molecule has 1 amide bonds. The van der Waals surface area contributed by atoms with Crippen molar-refractivity contribution >= 4 is 56.0 Å². The number of carbonyl (C=O) groups is 1. The van der Waals surface area contributed by atoms with Crippen molar-refractivity contribution in [2.24, 2.45) is 29.6 Å². The fourth-order valence-electron chi connectivity index (χ4n) is 10.5. The summed E-state index contributed by atoms with van der Waals surface area (Å²) in [6, 6.07) is 3.21. The summed E-state index contributed by atoms with van der Waals surface area (Å²) in [7, 11) is 1.52. The molecule has 5 aliphatic rings. The Labute approximate surface area is 395 Å². The molecule has 4 N–H and O–H groups in total. The molecular formula is C52H66N4O12. The molecular weight excluding hydrogens is 873 g/mol. The average molecular weight is 939 g/mol. The zero-order valence-corrected chi connectivity index (χ0v) is 41.1. The van der Waals surface area contributed by atoms with Crippen LogP contribution < -0.4 is 31.0 Å². The first-order valence-corrected chi connectivity index (χ1v) is 23.7. The van der Waals surface area contributed by atoms with Crippen molar-refractivity contribution in [2.45, 2.75) is 112 Å².